The van der Waals surface area contributed by atoms with Crippen molar-refractivity contribution in [3.8, 4) is 28.3 Å². The molecule has 0 atom stereocenters. The normalized spacial score (nSPS) is 11.8. The largest absolute Gasteiger partial charge is 0.494 e. The lowest BCUT2D eigenvalue weighted by Crippen LogP contribution is -2.13. The van der Waals surface area contributed by atoms with Gasteiger partial charge in [-0.3, -0.25) is 0 Å². The van der Waals surface area contributed by atoms with Crippen LogP contribution in [0.15, 0.2) is 54.7 Å². The fraction of sp³-hybridized carbons (Fsp3) is 0.250. The molecule has 4 aromatic rings. The molecule has 0 aliphatic heterocycles. The van der Waals surface area contributed by atoms with Crippen LogP contribution in [0.3, 0.4) is 0 Å². The molecule has 2 aromatic carbocycles. The Morgan fingerprint density at radius 1 is 0.966 bits per heavy atom. The van der Waals surface area contributed by atoms with E-state index in [1.807, 2.05) is 31.2 Å². The first kappa shape index (κ1) is 19.1. The second-order valence-corrected chi connectivity index (χ2v) is 8.08. The number of aromatic nitrogens is 3. The zero-order valence-corrected chi connectivity index (χ0v) is 17.1. The maximum absolute atomic E-state index is 13.8. The van der Waals surface area contributed by atoms with Crippen LogP contribution in [0, 0.1) is 5.95 Å². The molecular weight excluding hydrogens is 365 g/mol. The molecule has 0 saturated carbocycles. The molecule has 2 aromatic heterocycles. The molecule has 2 heterocycles. The van der Waals surface area contributed by atoms with E-state index in [0.717, 1.165) is 44.9 Å². The highest BCUT2D eigenvalue weighted by atomic mass is 19.1. The van der Waals surface area contributed by atoms with Gasteiger partial charge in [0.1, 0.15) is 11.6 Å². The molecule has 5 heteroatoms. The highest BCUT2D eigenvalue weighted by Crippen LogP contribution is 2.35. The predicted octanol–water partition coefficient (Wildman–Crippen LogP) is 6.13. The lowest BCUT2D eigenvalue weighted by atomic mass is 9.96. The average Bonchev–Trinajstić information content (AvgIpc) is 3.14. The van der Waals surface area contributed by atoms with Crippen molar-refractivity contribution in [1.82, 2.24) is 15.0 Å². The Morgan fingerprint density at radius 3 is 2.45 bits per heavy atom. The quantitative estimate of drug-likeness (QED) is 0.427. The van der Waals surface area contributed by atoms with E-state index in [2.05, 4.69) is 42.9 Å². The van der Waals surface area contributed by atoms with Crippen LogP contribution in [0.5, 0.6) is 5.75 Å². The van der Waals surface area contributed by atoms with Crippen LogP contribution in [0.1, 0.15) is 33.5 Å². The van der Waals surface area contributed by atoms with Crippen molar-refractivity contribution in [2.45, 2.75) is 33.1 Å². The highest BCUT2D eigenvalue weighted by Gasteiger charge is 2.23. The Kier molecular flexibility index (Phi) is 4.82. The van der Waals surface area contributed by atoms with Crippen LogP contribution in [0.2, 0.25) is 0 Å². The van der Waals surface area contributed by atoms with E-state index in [1.54, 1.807) is 6.07 Å². The van der Waals surface area contributed by atoms with E-state index in [-0.39, 0.29) is 5.41 Å². The van der Waals surface area contributed by atoms with Gasteiger partial charge in [-0.25, -0.2) is 9.97 Å². The Balaban J connectivity index is 1.87. The highest BCUT2D eigenvalue weighted by molar-refractivity contribution is 5.90. The Hall–Kier alpha value is -3.21. The fourth-order valence-corrected chi connectivity index (χ4v) is 3.33. The third kappa shape index (κ3) is 3.86. The SMILES string of the molecule is CCOc1ccc2cc(-c3nc(C(C)(C)C)[nH]c3-c3ccnc(F)c3)ccc2c1. The third-order valence-electron chi connectivity index (χ3n) is 4.83. The number of ether oxygens (including phenoxy) is 1. The molecule has 0 bridgehead atoms. The number of fused-ring (bicyclic) bond motifs is 1. The van der Waals surface area contributed by atoms with Crippen molar-refractivity contribution < 1.29 is 9.13 Å². The van der Waals surface area contributed by atoms with Gasteiger partial charge < -0.3 is 9.72 Å². The van der Waals surface area contributed by atoms with Crippen molar-refractivity contribution in [2.75, 3.05) is 6.61 Å². The minimum atomic E-state index is -0.512. The number of imidazole rings is 1. The summed E-state index contributed by atoms with van der Waals surface area (Å²) < 4.78 is 19.4. The van der Waals surface area contributed by atoms with Gasteiger partial charge in [0.25, 0.3) is 0 Å². The molecule has 1 N–H and O–H groups in total. The minimum Gasteiger partial charge on any atom is -0.494 e. The van der Waals surface area contributed by atoms with Gasteiger partial charge in [-0.05, 0) is 42.0 Å². The van der Waals surface area contributed by atoms with Crippen molar-refractivity contribution in [3.63, 3.8) is 0 Å². The van der Waals surface area contributed by atoms with Gasteiger partial charge >= 0.3 is 0 Å². The van der Waals surface area contributed by atoms with E-state index in [0.29, 0.717) is 6.61 Å². The zero-order valence-electron chi connectivity index (χ0n) is 17.1. The Morgan fingerprint density at radius 2 is 1.72 bits per heavy atom. The van der Waals surface area contributed by atoms with Crippen LogP contribution >= 0.6 is 0 Å². The molecule has 0 amide bonds. The molecule has 0 spiro atoms. The first-order chi connectivity index (χ1) is 13.8. The summed E-state index contributed by atoms with van der Waals surface area (Å²) in [6, 6.07) is 15.5. The molecule has 0 aliphatic carbocycles. The van der Waals surface area contributed by atoms with Gasteiger partial charge in [0.2, 0.25) is 5.95 Å². The lowest BCUT2D eigenvalue weighted by Gasteiger charge is -2.14. The van der Waals surface area contributed by atoms with Gasteiger partial charge in [-0.2, -0.15) is 4.39 Å². The number of aromatic amines is 1. The second-order valence-electron chi connectivity index (χ2n) is 8.08. The standard InChI is InChI=1S/C24H24FN3O/c1-5-29-19-9-8-15-12-17(7-6-16(15)13-19)21-22(18-10-11-26-20(25)14-18)28-23(27-21)24(2,3)4/h6-14H,5H2,1-4H3,(H,27,28). The Bertz CT molecular complexity index is 1170. The van der Waals surface area contributed by atoms with E-state index in [1.165, 1.54) is 12.3 Å². The number of H-pyrrole nitrogens is 1. The van der Waals surface area contributed by atoms with Crippen molar-refractivity contribution in [3.05, 3.63) is 66.5 Å². The molecule has 0 aliphatic rings. The average molecular weight is 389 g/mol. The lowest BCUT2D eigenvalue weighted by molar-refractivity contribution is 0.341. The monoisotopic (exact) mass is 389 g/mol. The summed E-state index contributed by atoms with van der Waals surface area (Å²) in [6.45, 7) is 8.91. The molecule has 4 rings (SSSR count). The predicted molar refractivity (Wildman–Crippen MR) is 115 cm³/mol. The first-order valence-electron chi connectivity index (χ1n) is 9.74. The number of nitrogens with zero attached hydrogens (tertiary/aromatic N) is 2. The van der Waals surface area contributed by atoms with Crippen molar-refractivity contribution in [1.29, 1.82) is 0 Å². The third-order valence-corrected chi connectivity index (χ3v) is 4.83. The van der Waals surface area contributed by atoms with Crippen LogP contribution < -0.4 is 4.74 Å². The maximum atomic E-state index is 13.8. The van der Waals surface area contributed by atoms with Gasteiger partial charge in [-0.1, -0.05) is 39.0 Å². The molecule has 0 radical (unpaired) electrons. The number of pyridine rings is 1. The first-order valence-corrected chi connectivity index (χ1v) is 9.74. The number of halogens is 1. The van der Waals surface area contributed by atoms with Gasteiger partial charge in [-0.15, -0.1) is 0 Å². The summed E-state index contributed by atoms with van der Waals surface area (Å²) in [5, 5.41) is 2.20. The number of rotatable bonds is 4. The minimum absolute atomic E-state index is 0.165. The molecule has 29 heavy (non-hydrogen) atoms. The molecule has 4 nitrogen and oxygen atoms in total. The van der Waals surface area contributed by atoms with E-state index in [9.17, 15) is 4.39 Å². The van der Waals surface area contributed by atoms with E-state index < -0.39 is 5.95 Å². The topological polar surface area (TPSA) is 50.8 Å². The van der Waals surface area contributed by atoms with E-state index in [4.69, 9.17) is 9.72 Å². The van der Waals surface area contributed by atoms with Gasteiger partial charge in [0.05, 0.1) is 18.0 Å². The molecule has 148 valence electrons. The molecule has 0 saturated heterocycles. The Labute approximate surface area is 169 Å². The van der Waals surface area contributed by atoms with Crippen LogP contribution in [-0.2, 0) is 5.41 Å². The van der Waals surface area contributed by atoms with Crippen molar-refractivity contribution in [2.24, 2.45) is 0 Å². The second kappa shape index (κ2) is 7.32. The zero-order chi connectivity index (χ0) is 20.6. The van der Waals surface area contributed by atoms with Gasteiger partial charge in [0, 0.05) is 28.8 Å². The summed E-state index contributed by atoms with van der Waals surface area (Å²) in [5.74, 6) is 1.20. The number of benzene rings is 2. The number of nitrogens with one attached hydrogen (secondary N) is 1. The molecule has 0 unspecified atom stereocenters. The summed E-state index contributed by atoms with van der Waals surface area (Å²) in [7, 11) is 0. The smallest absolute Gasteiger partial charge is 0.213 e. The van der Waals surface area contributed by atoms with Crippen LogP contribution in [-0.4, -0.2) is 21.6 Å². The maximum Gasteiger partial charge on any atom is 0.213 e. The summed E-state index contributed by atoms with van der Waals surface area (Å²) in [4.78, 5) is 12.0. The molecule has 0 fully saturated rings. The van der Waals surface area contributed by atoms with Crippen molar-refractivity contribution >= 4 is 10.8 Å². The van der Waals surface area contributed by atoms with Gasteiger partial charge in [0.15, 0.2) is 0 Å². The number of hydrogen-bond donors (Lipinski definition) is 1. The van der Waals surface area contributed by atoms with Crippen LogP contribution in [0.25, 0.3) is 33.3 Å². The van der Waals surface area contributed by atoms with Crippen LogP contribution in [0.4, 0.5) is 4.39 Å². The fourth-order valence-electron chi connectivity index (χ4n) is 3.33. The number of hydrogen-bond acceptors (Lipinski definition) is 3. The summed E-state index contributed by atoms with van der Waals surface area (Å²) in [5.41, 5.74) is 3.13. The molecular formula is C24H24FN3O. The van der Waals surface area contributed by atoms with E-state index >= 15 is 0 Å². The summed E-state index contributed by atoms with van der Waals surface area (Å²) in [6.07, 6.45) is 1.47. The summed E-state index contributed by atoms with van der Waals surface area (Å²) >= 11 is 0.